The van der Waals surface area contributed by atoms with Gasteiger partial charge in [-0.25, -0.2) is 4.79 Å². The first-order valence-corrected chi connectivity index (χ1v) is 9.90. The molecule has 2 heterocycles. The van der Waals surface area contributed by atoms with Gasteiger partial charge in [-0.1, -0.05) is 42.5 Å². The topological polar surface area (TPSA) is 54.5 Å². The smallest absolute Gasteiger partial charge is 0.318 e. The Morgan fingerprint density at radius 2 is 2.14 bits per heavy atom. The molecule has 1 fully saturated rings. The second kappa shape index (κ2) is 10.0. The number of rotatable bonds is 7. The monoisotopic (exact) mass is 379 g/mol. The highest BCUT2D eigenvalue weighted by molar-refractivity contribution is 5.74. The van der Waals surface area contributed by atoms with Crippen LogP contribution in [0.3, 0.4) is 0 Å². The third kappa shape index (κ3) is 5.92. The van der Waals surface area contributed by atoms with Crippen molar-refractivity contribution in [2.24, 2.45) is 0 Å². The van der Waals surface area contributed by atoms with Crippen molar-refractivity contribution in [3.05, 3.63) is 71.1 Å². The van der Waals surface area contributed by atoms with Gasteiger partial charge in [0.2, 0.25) is 0 Å². The minimum atomic E-state index is -0.0758. The number of nitrogens with zero attached hydrogens (tertiary/aromatic N) is 2. The predicted octanol–water partition coefficient (Wildman–Crippen LogP) is 4.10. The lowest BCUT2D eigenvalue weighted by molar-refractivity contribution is 0.0841. The van der Waals surface area contributed by atoms with E-state index in [0.29, 0.717) is 19.6 Å². The Balaban J connectivity index is 1.61. The summed E-state index contributed by atoms with van der Waals surface area (Å²) in [6, 6.07) is 12.1. The largest absolute Gasteiger partial charge is 0.376 e. The van der Waals surface area contributed by atoms with E-state index in [1.807, 2.05) is 73.5 Å². The Morgan fingerprint density at radius 3 is 2.86 bits per heavy atom. The summed E-state index contributed by atoms with van der Waals surface area (Å²) in [6.45, 7) is 6.43. The normalized spacial score (nSPS) is 16.4. The first kappa shape index (κ1) is 20.1. The van der Waals surface area contributed by atoms with Crippen molar-refractivity contribution < 1.29 is 9.53 Å². The SMILES string of the molecule is Cc1cc(C)c(CNC(=O)N(CC=Cc2ccccc2)CC2CCCO2)cn1. The van der Waals surface area contributed by atoms with Crippen molar-refractivity contribution in [1.29, 1.82) is 0 Å². The van der Waals surface area contributed by atoms with Crippen LogP contribution in [-0.4, -0.2) is 41.7 Å². The molecule has 1 atom stereocenters. The van der Waals surface area contributed by atoms with Crippen LogP contribution >= 0.6 is 0 Å². The summed E-state index contributed by atoms with van der Waals surface area (Å²) in [4.78, 5) is 19.0. The Labute approximate surface area is 167 Å². The van der Waals surface area contributed by atoms with Crippen LogP contribution in [0, 0.1) is 13.8 Å². The molecule has 0 aliphatic carbocycles. The minimum absolute atomic E-state index is 0.0758. The number of ether oxygens (including phenoxy) is 1. The number of nitrogens with one attached hydrogen (secondary N) is 1. The summed E-state index contributed by atoms with van der Waals surface area (Å²) in [7, 11) is 0. The quantitative estimate of drug-likeness (QED) is 0.788. The van der Waals surface area contributed by atoms with Gasteiger partial charge in [0.05, 0.1) is 6.10 Å². The van der Waals surface area contributed by atoms with E-state index >= 15 is 0 Å². The number of hydrogen-bond acceptors (Lipinski definition) is 3. The summed E-state index contributed by atoms with van der Waals surface area (Å²) in [5.74, 6) is 0. The van der Waals surface area contributed by atoms with Crippen molar-refractivity contribution in [2.45, 2.75) is 39.3 Å². The highest BCUT2D eigenvalue weighted by atomic mass is 16.5. The number of aromatic nitrogens is 1. The minimum Gasteiger partial charge on any atom is -0.376 e. The number of carbonyl (C=O) groups excluding carboxylic acids is 1. The van der Waals surface area contributed by atoms with Gasteiger partial charge >= 0.3 is 6.03 Å². The Hall–Kier alpha value is -2.66. The lowest BCUT2D eigenvalue weighted by Crippen LogP contribution is -2.43. The molecule has 148 valence electrons. The standard InChI is InChI=1S/C23H29N3O2/c1-18-14-19(2)24-15-21(18)16-25-23(27)26(17-22-11-7-13-28-22)12-6-10-20-8-4-3-5-9-20/h3-6,8-10,14-15,22H,7,11-13,16-17H2,1-2H3,(H,25,27). The van der Waals surface area contributed by atoms with Crippen LogP contribution in [-0.2, 0) is 11.3 Å². The number of hydrogen-bond donors (Lipinski definition) is 1. The van der Waals surface area contributed by atoms with Gasteiger partial charge in [0, 0.05) is 38.1 Å². The maximum Gasteiger partial charge on any atom is 0.318 e. The van der Waals surface area contributed by atoms with Gasteiger partial charge in [0.25, 0.3) is 0 Å². The summed E-state index contributed by atoms with van der Waals surface area (Å²) in [5, 5.41) is 3.04. The van der Waals surface area contributed by atoms with Crippen molar-refractivity contribution in [3.63, 3.8) is 0 Å². The summed E-state index contributed by atoms with van der Waals surface area (Å²) >= 11 is 0. The number of benzene rings is 1. The number of carbonyl (C=O) groups is 1. The van der Waals surface area contributed by atoms with Crippen LogP contribution in [0.1, 0.15) is 35.2 Å². The van der Waals surface area contributed by atoms with Crippen molar-refractivity contribution in [1.82, 2.24) is 15.2 Å². The van der Waals surface area contributed by atoms with Crippen molar-refractivity contribution >= 4 is 12.1 Å². The average Bonchev–Trinajstić information content (AvgIpc) is 3.20. The van der Waals surface area contributed by atoms with E-state index in [2.05, 4.69) is 10.3 Å². The second-order valence-electron chi connectivity index (χ2n) is 7.26. The number of pyridine rings is 1. The van der Waals surface area contributed by atoms with E-state index in [1.165, 1.54) is 0 Å². The van der Waals surface area contributed by atoms with E-state index in [1.54, 1.807) is 0 Å². The molecular weight excluding hydrogens is 350 g/mol. The third-order valence-corrected chi connectivity index (χ3v) is 4.96. The number of urea groups is 1. The lowest BCUT2D eigenvalue weighted by atomic mass is 10.1. The van der Waals surface area contributed by atoms with E-state index in [-0.39, 0.29) is 12.1 Å². The molecule has 28 heavy (non-hydrogen) atoms. The molecule has 0 bridgehead atoms. The van der Waals surface area contributed by atoms with Gasteiger partial charge in [-0.15, -0.1) is 0 Å². The molecule has 0 radical (unpaired) electrons. The van der Waals surface area contributed by atoms with E-state index in [9.17, 15) is 4.79 Å². The Morgan fingerprint density at radius 1 is 1.32 bits per heavy atom. The predicted molar refractivity (Wildman–Crippen MR) is 112 cm³/mol. The molecule has 5 heteroatoms. The first-order valence-electron chi connectivity index (χ1n) is 9.90. The molecule has 3 rings (SSSR count). The zero-order valence-corrected chi connectivity index (χ0v) is 16.7. The molecule has 2 aromatic rings. The van der Waals surface area contributed by atoms with Crippen LogP contribution < -0.4 is 5.32 Å². The van der Waals surface area contributed by atoms with Crippen LogP contribution in [0.5, 0.6) is 0 Å². The highest BCUT2D eigenvalue weighted by Crippen LogP contribution is 2.14. The van der Waals surface area contributed by atoms with E-state index in [4.69, 9.17) is 4.74 Å². The molecule has 0 saturated carbocycles. The van der Waals surface area contributed by atoms with Gasteiger partial charge < -0.3 is 15.0 Å². The average molecular weight is 380 g/mol. The fraction of sp³-hybridized carbons (Fsp3) is 0.391. The van der Waals surface area contributed by atoms with E-state index in [0.717, 1.165) is 41.8 Å². The molecule has 1 aromatic heterocycles. The molecule has 1 unspecified atom stereocenters. The maximum atomic E-state index is 12.8. The molecule has 1 aromatic carbocycles. The summed E-state index contributed by atoms with van der Waals surface area (Å²) in [6.07, 6.45) is 8.11. The van der Waals surface area contributed by atoms with Gasteiger partial charge in [0.15, 0.2) is 0 Å². The Kier molecular flexibility index (Phi) is 7.20. The van der Waals surface area contributed by atoms with Crippen LogP contribution in [0.4, 0.5) is 4.79 Å². The van der Waals surface area contributed by atoms with Crippen molar-refractivity contribution in [2.75, 3.05) is 19.7 Å². The fourth-order valence-corrected chi connectivity index (χ4v) is 3.35. The van der Waals surface area contributed by atoms with E-state index < -0.39 is 0 Å². The molecule has 1 N–H and O–H groups in total. The zero-order valence-electron chi connectivity index (χ0n) is 16.7. The number of amides is 2. The first-order chi connectivity index (χ1) is 13.6. The molecule has 1 saturated heterocycles. The summed E-state index contributed by atoms with van der Waals surface area (Å²) < 4.78 is 5.74. The van der Waals surface area contributed by atoms with Crippen LogP contribution in [0.15, 0.2) is 48.7 Å². The van der Waals surface area contributed by atoms with Crippen molar-refractivity contribution in [3.8, 4) is 0 Å². The molecule has 5 nitrogen and oxygen atoms in total. The zero-order chi connectivity index (χ0) is 19.8. The number of aryl methyl sites for hydroxylation is 2. The lowest BCUT2D eigenvalue weighted by Gasteiger charge is -2.25. The maximum absolute atomic E-state index is 12.8. The highest BCUT2D eigenvalue weighted by Gasteiger charge is 2.22. The Bertz CT molecular complexity index is 799. The van der Waals surface area contributed by atoms with Crippen LogP contribution in [0.2, 0.25) is 0 Å². The fourth-order valence-electron chi connectivity index (χ4n) is 3.35. The molecular formula is C23H29N3O2. The van der Waals surface area contributed by atoms with Crippen LogP contribution in [0.25, 0.3) is 6.08 Å². The third-order valence-electron chi connectivity index (χ3n) is 4.96. The summed E-state index contributed by atoms with van der Waals surface area (Å²) in [5.41, 5.74) is 4.29. The molecule has 1 aliphatic rings. The molecule has 0 spiro atoms. The van der Waals surface area contributed by atoms with Gasteiger partial charge in [0.1, 0.15) is 0 Å². The molecule has 1 aliphatic heterocycles. The van der Waals surface area contributed by atoms with Gasteiger partial charge in [-0.3, -0.25) is 4.98 Å². The second-order valence-corrected chi connectivity index (χ2v) is 7.26. The van der Waals surface area contributed by atoms with Gasteiger partial charge in [-0.05, 0) is 49.4 Å². The van der Waals surface area contributed by atoms with Gasteiger partial charge in [-0.2, -0.15) is 0 Å². The molecule has 2 amide bonds.